The number of carbonyl (C=O) groups excluding carboxylic acids is 1. The van der Waals surface area contributed by atoms with E-state index >= 15 is 0 Å². The molecule has 0 radical (unpaired) electrons. The van der Waals surface area contributed by atoms with Gasteiger partial charge in [0.1, 0.15) is 5.82 Å². The fraction of sp³-hybridized carbons (Fsp3) is 0.278. The molecule has 0 heterocycles. The van der Waals surface area contributed by atoms with Gasteiger partial charge in [0.05, 0.1) is 12.8 Å². The van der Waals surface area contributed by atoms with Crippen LogP contribution in [0.15, 0.2) is 48.5 Å². The first-order valence-corrected chi connectivity index (χ1v) is 9.71. The smallest absolute Gasteiger partial charge is 0.239 e. The van der Waals surface area contributed by atoms with E-state index in [2.05, 4.69) is 5.32 Å². The zero-order valence-corrected chi connectivity index (χ0v) is 15.0. The maximum Gasteiger partial charge on any atom is 0.239 e. The van der Waals surface area contributed by atoms with Crippen molar-refractivity contribution in [3.63, 3.8) is 0 Å². The summed E-state index contributed by atoms with van der Waals surface area (Å²) in [6.07, 6.45) is 1.80. The van der Waals surface area contributed by atoms with Crippen LogP contribution in [0.1, 0.15) is 18.1 Å². The van der Waals surface area contributed by atoms with Gasteiger partial charge < -0.3 is 5.32 Å². The minimum Gasteiger partial charge on any atom is -0.325 e. The van der Waals surface area contributed by atoms with Gasteiger partial charge in [0.15, 0.2) is 0 Å². The van der Waals surface area contributed by atoms with E-state index in [9.17, 15) is 17.6 Å². The first kappa shape index (κ1) is 19.1. The van der Waals surface area contributed by atoms with Crippen molar-refractivity contribution in [2.75, 3.05) is 18.1 Å². The molecule has 0 atom stereocenters. The molecular weight excluding hydrogens is 343 g/mol. The van der Waals surface area contributed by atoms with Gasteiger partial charge in [0.25, 0.3) is 0 Å². The summed E-state index contributed by atoms with van der Waals surface area (Å²) in [5.74, 6) is -0.822. The summed E-state index contributed by atoms with van der Waals surface area (Å²) >= 11 is 0. The molecule has 0 fully saturated rings. The summed E-state index contributed by atoms with van der Waals surface area (Å²) in [6.45, 7) is 1.67. The van der Waals surface area contributed by atoms with Crippen LogP contribution in [0, 0.1) is 5.82 Å². The van der Waals surface area contributed by atoms with E-state index in [1.807, 2.05) is 25.1 Å². The summed E-state index contributed by atoms with van der Waals surface area (Å²) < 4.78 is 38.0. The fourth-order valence-electron chi connectivity index (χ4n) is 2.38. The van der Waals surface area contributed by atoms with Crippen LogP contribution in [0.5, 0.6) is 0 Å². The minimum absolute atomic E-state index is 0.00194. The molecule has 7 heteroatoms. The molecule has 0 spiro atoms. The molecular formula is C18H21FN2O3S. The second-order valence-corrected chi connectivity index (χ2v) is 7.70. The Labute approximate surface area is 147 Å². The number of anilines is 1. The lowest BCUT2D eigenvalue weighted by molar-refractivity contribution is -0.116. The van der Waals surface area contributed by atoms with E-state index in [1.54, 1.807) is 6.07 Å². The monoisotopic (exact) mass is 364 g/mol. The third kappa shape index (κ3) is 5.65. The van der Waals surface area contributed by atoms with Gasteiger partial charge in [-0.1, -0.05) is 37.3 Å². The lowest BCUT2D eigenvalue weighted by Crippen LogP contribution is -2.37. The van der Waals surface area contributed by atoms with Crippen LogP contribution in [0.3, 0.4) is 0 Å². The lowest BCUT2D eigenvalue weighted by atomic mass is 10.1. The quantitative estimate of drug-likeness (QED) is 0.821. The van der Waals surface area contributed by atoms with Crippen LogP contribution in [0.2, 0.25) is 0 Å². The van der Waals surface area contributed by atoms with Gasteiger partial charge in [0.2, 0.25) is 15.9 Å². The third-order valence-corrected chi connectivity index (χ3v) is 4.93. The number of benzene rings is 2. The Morgan fingerprint density at radius 2 is 1.76 bits per heavy atom. The molecule has 5 nitrogen and oxygen atoms in total. The molecule has 2 aromatic rings. The fourth-order valence-corrected chi connectivity index (χ4v) is 3.12. The summed E-state index contributed by atoms with van der Waals surface area (Å²) in [6, 6.07) is 12.9. The highest BCUT2D eigenvalue weighted by molar-refractivity contribution is 7.88. The van der Waals surface area contributed by atoms with Crippen LogP contribution >= 0.6 is 0 Å². The Morgan fingerprint density at radius 1 is 1.12 bits per heavy atom. The average Bonchev–Trinajstić information content (AvgIpc) is 2.56. The second-order valence-electron chi connectivity index (χ2n) is 5.72. The highest BCUT2D eigenvalue weighted by atomic mass is 32.2. The van der Waals surface area contributed by atoms with Crippen molar-refractivity contribution >= 4 is 21.6 Å². The van der Waals surface area contributed by atoms with Crippen molar-refractivity contribution < 1.29 is 17.6 Å². The molecule has 0 bridgehead atoms. The predicted molar refractivity (Wildman–Crippen MR) is 96.1 cm³/mol. The predicted octanol–water partition coefficient (Wildman–Crippen LogP) is 2.79. The molecule has 2 aromatic carbocycles. The van der Waals surface area contributed by atoms with Crippen molar-refractivity contribution in [3.05, 3.63) is 65.5 Å². The SMILES string of the molecule is CCc1ccccc1NC(=O)CN(Cc1ccc(F)cc1)S(C)(=O)=O. The molecule has 0 aliphatic carbocycles. The van der Waals surface area contributed by atoms with E-state index in [1.165, 1.54) is 24.3 Å². The highest BCUT2D eigenvalue weighted by Gasteiger charge is 2.21. The number of hydrogen-bond donors (Lipinski definition) is 1. The largest absolute Gasteiger partial charge is 0.325 e. The summed E-state index contributed by atoms with van der Waals surface area (Å²) in [5, 5.41) is 2.75. The molecule has 25 heavy (non-hydrogen) atoms. The van der Waals surface area contributed by atoms with Gasteiger partial charge in [-0.25, -0.2) is 12.8 Å². The number of rotatable bonds is 7. The number of hydrogen-bond acceptors (Lipinski definition) is 3. The molecule has 134 valence electrons. The van der Waals surface area contributed by atoms with Crippen LogP contribution in [0.25, 0.3) is 0 Å². The van der Waals surface area contributed by atoms with Crippen molar-refractivity contribution in [2.24, 2.45) is 0 Å². The molecule has 1 N–H and O–H groups in total. The number of nitrogens with zero attached hydrogens (tertiary/aromatic N) is 1. The molecule has 2 rings (SSSR count). The zero-order chi connectivity index (χ0) is 18.4. The van der Waals surface area contributed by atoms with Crippen molar-refractivity contribution in [2.45, 2.75) is 19.9 Å². The van der Waals surface area contributed by atoms with Crippen LogP contribution in [-0.4, -0.2) is 31.4 Å². The van der Waals surface area contributed by atoms with Gasteiger partial charge >= 0.3 is 0 Å². The number of halogens is 1. The molecule has 0 aromatic heterocycles. The van der Waals surface area contributed by atoms with E-state index in [0.29, 0.717) is 11.3 Å². The Morgan fingerprint density at radius 3 is 2.36 bits per heavy atom. The summed E-state index contributed by atoms with van der Waals surface area (Å²) in [5.41, 5.74) is 2.25. The summed E-state index contributed by atoms with van der Waals surface area (Å²) in [4.78, 5) is 12.3. The van der Waals surface area contributed by atoms with Crippen LogP contribution < -0.4 is 5.32 Å². The van der Waals surface area contributed by atoms with Crippen molar-refractivity contribution in [1.29, 1.82) is 0 Å². The maximum atomic E-state index is 13.0. The number of aryl methyl sites for hydroxylation is 1. The van der Waals surface area contributed by atoms with Gasteiger partial charge in [0, 0.05) is 12.2 Å². The van der Waals surface area contributed by atoms with Crippen molar-refractivity contribution in [1.82, 2.24) is 4.31 Å². The third-order valence-electron chi connectivity index (χ3n) is 3.73. The van der Waals surface area contributed by atoms with Gasteiger partial charge in [-0.05, 0) is 35.7 Å². The Hall–Kier alpha value is -2.25. The number of carbonyl (C=O) groups is 1. The summed E-state index contributed by atoms with van der Waals surface area (Å²) in [7, 11) is -3.60. The van der Waals surface area contributed by atoms with Gasteiger partial charge in [-0.3, -0.25) is 4.79 Å². The topological polar surface area (TPSA) is 66.5 Å². The number of nitrogens with one attached hydrogen (secondary N) is 1. The molecule has 0 unspecified atom stereocenters. The standard InChI is InChI=1S/C18H21FN2O3S/c1-3-15-6-4-5-7-17(15)20-18(22)13-21(25(2,23)24)12-14-8-10-16(19)11-9-14/h4-11H,3,12-13H2,1-2H3,(H,20,22). The number of para-hydroxylation sites is 1. The average molecular weight is 364 g/mol. The Kier molecular flexibility index (Phi) is 6.27. The normalized spacial score (nSPS) is 11.5. The van der Waals surface area contributed by atoms with Crippen molar-refractivity contribution in [3.8, 4) is 0 Å². The Bertz CT molecular complexity index is 836. The van der Waals surface area contributed by atoms with E-state index in [4.69, 9.17) is 0 Å². The highest BCUT2D eigenvalue weighted by Crippen LogP contribution is 2.16. The second kappa shape index (κ2) is 8.22. The molecule has 0 saturated carbocycles. The number of sulfonamides is 1. The first-order valence-electron chi connectivity index (χ1n) is 7.87. The van der Waals surface area contributed by atoms with E-state index < -0.39 is 21.7 Å². The Balaban J connectivity index is 2.11. The molecule has 0 aliphatic rings. The van der Waals surface area contributed by atoms with Gasteiger partial charge in [-0.15, -0.1) is 0 Å². The van der Waals surface area contributed by atoms with E-state index in [0.717, 1.165) is 22.5 Å². The van der Waals surface area contributed by atoms with Gasteiger partial charge in [-0.2, -0.15) is 4.31 Å². The maximum absolute atomic E-state index is 13.0. The molecule has 0 saturated heterocycles. The van der Waals surface area contributed by atoms with Crippen LogP contribution in [-0.2, 0) is 27.8 Å². The number of amides is 1. The molecule has 1 amide bonds. The first-order chi connectivity index (χ1) is 11.8. The minimum atomic E-state index is -3.60. The van der Waals surface area contributed by atoms with E-state index in [-0.39, 0.29) is 13.1 Å². The zero-order valence-electron chi connectivity index (χ0n) is 14.2. The molecule has 0 aliphatic heterocycles. The lowest BCUT2D eigenvalue weighted by Gasteiger charge is -2.20. The van der Waals surface area contributed by atoms with Crippen LogP contribution in [0.4, 0.5) is 10.1 Å².